The van der Waals surface area contributed by atoms with Gasteiger partial charge >= 0.3 is 12.0 Å². The molecule has 1 aromatic rings. The predicted octanol–water partition coefficient (Wildman–Crippen LogP) is 2.13. The third-order valence-corrected chi connectivity index (χ3v) is 3.44. The number of rotatable bonds is 2. The lowest BCUT2D eigenvalue weighted by Crippen LogP contribution is -2.48. The summed E-state index contributed by atoms with van der Waals surface area (Å²) in [6.07, 6.45) is 0. The van der Waals surface area contributed by atoms with E-state index in [1.54, 1.807) is 4.90 Å². The van der Waals surface area contributed by atoms with Gasteiger partial charge in [0, 0.05) is 31.2 Å². The summed E-state index contributed by atoms with van der Waals surface area (Å²) in [5.41, 5.74) is -0.0712. The van der Waals surface area contributed by atoms with Crippen molar-refractivity contribution in [2.24, 2.45) is 0 Å². The van der Waals surface area contributed by atoms with E-state index in [0.29, 0.717) is 26.2 Å². The second-order valence-electron chi connectivity index (χ2n) is 4.28. The number of piperazine rings is 1. The van der Waals surface area contributed by atoms with Crippen molar-refractivity contribution in [3.8, 4) is 0 Å². The Labute approximate surface area is 125 Å². The van der Waals surface area contributed by atoms with Crippen LogP contribution in [0.15, 0.2) is 12.1 Å². The van der Waals surface area contributed by atoms with E-state index >= 15 is 0 Å². The zero-order chi connectivity index (χ0) is 14.7. The lowest BCUT2D eigenvalue weighted by molar-refractivity contribution is 0.0698. The minimum Gasteiger partial charge on any atom is -0.478 e. The highest BCUT2D eigenvalue weighted by atomic mass is 35.5. The highest BCUT2D eigenvalue weighted by Gasteiger charge is 2.21. The fourth-order valence-electron chi connectivity index (χ4n) is 1.92. The topological polar surface area (TPSA) is 81.7 Å². The van der Waals surface area contributed by atoms with Gasteiger partial charge in [0.2, 0.25) is 0 Å². The third-order valence-electron chi connectivity index (χ3n) is 2.92. The van der Waals surface area contributed by atoms with Gasteiger partial charge in [0.15, 0.2) is 0 Å². The first-order valence-corrected chi connectivity index (χ1v) is 6.73. The van der Waals surface area contributed by atoms with Crippen molar-refractivity contribution in [2.75, 3.05) is 31.5 Å². The summed E-state index contributed by atoms with van der Waals surface area (Å²) < 4.78 is 0. The molecule has 1 aliphatic rings. The minimum absolute atomic E-state index is 0.0621. The number of carboxylic acids is 1. The summed E-state index contributed by atoms with van der Waals surface area (Å²) in [5, 5.41) is 15.1. The summed E-state index contributed by atoms with van der Waals surface area (Å²) >= 11 is 11.7. The van der Waals surface area contributed by atoms with Crippen LogP contribution >= 0.6 is 23.2 Å². The lowest BCUT2D eigenvalue weighted by atomic mass is 10.2. The summed E-state index contributed by atoms with van der Waals surface area (Å²) in [4.78, 5) is 24.9. The third kappa shape index (κ3) is 3.33. The number of hydrogen-bond donors (Lipinski definition) is 3. The molecule has 1 heterocycles. The number of nitrogens with zero attached hydrogens (tertiary/aromatic N) is 1. The average Bonchev–Trinajstić information content (AvgIpc) is 2.42. The molecule has 108 valence electrons. The normalized spacial score (nSPS) is 15.0. The molecule has 1 aliphatic heterocycles. The van der Waals surface area contributed by atoms with Crippen LogP contribution in [-0.4, -0.2) is 48.2 Å². The SMILES string of the molecule is O=C(O)c1cc(Cl)cc(Cl)c1NC(=O)N1CCNCC1. The molecule has 0 spiro atoms. The maximum atomic E-state index is 12.1. The molecule has 1 fully saturated rings. The number of nitrogens with one attached hydrogen (secondary N) is 2. The van der Waals surface area contributed by atoms with Crippen LogP contribution in [0.4, 0.5) is 10.5 Å². The van der Waals surface area contributed by atoms with Gasteiger partial charge in [-0.2, -0.15) is 0 Å². The number of carboxylic acid groups (broad SMARTS) is 1. The first-order valence-electron chi connectivity index (χ1n) is 5.98. The van der Waals surface area contributed by atoms with E-state index in [-0.39, 0.29) is 27.3 Å². The molecule has 6 nitrogen and oxygen atoms in total. The molecule has 0 radical (unpaired) electrons. The molecule has 0 bridgehead atoms. The molecule has 1 aromatic carbocycles. The Morgan fingerprint density at radius 1 is 1.25 bits per heavy atom. The van der Waals surface area contributed by atoms with Crippen LogP contribution < -0.4 is 10.6 Å². The number of benzene rings is 1. The predicted molar refractivity (Wildman–Crippen MR) is 76.9 cm³/mol. The molecule has 2 rings (SSSR count). The van der Waals surface area contributed by atoms with Crippen molar-refractivity contribution < 1.29 is 14.7 Å². The van der Waals surface area contributed by atoms with E-state index in [2.05, 4.69) is 10.6 Å². The smallest absolute Gasteiger partial charge is 0.337 e. The Bertz CT molecular complexity index is 545. The van der Waals surface area contributed by atoms with Crippen molar-refractivity contribution in [1.82, 2.24) is 10.2 Å². The van der Waals surface area contributed by atoms with E-state index in [0.717, 1.165) is 0 Å². The Morgan fingerprint density at radius 3 is 2.50 bits per heavy atom. The number of urea groups is 1. The Kier molecular flexibility index (Phi) is 4.69. The monoisotopic (exact) mass is 317 g/mol. The van der Waals surface area contributed by atoms with Crippen molar-refractivity contribution in [1.29, 1.82) is 0 Å². The molecule has 0 unspecified atom stereocenters. The summed E-state index contributed by atoms with van der Waals surface area (Å²) in [5.74, 6) is -1.20. The van der Waals surface area contributed by atoms with Crippen LogP contribution in [0, 0.1) is 0 Å². The Balaban J connectivity index is 2.23. The number of halogens is 2. The quantitative estimate of drug-likeness (QED) is 0.780. The van der Waals surface area contributed by atoms with E-state index < -0.39 is 5.97 Å². The number of carbonyl (C=O) groups excluding carboxylic acids is 1. The van der Waals surface area contributed by atoms with E-state index in [4.69, 9.17) is 28.3 Å². The number of aromatic carboxylic acids is 1. The second-order valence-corrected chi connectivity index (χ2v) is 5.13. The second kappa shape index (κ2) is 6.30. The first-order chi connectivity index (χ1) is 9.49. The zero-order valence-electron chi connectivity index (χ0n) is 10.4. The first kappa shape index (κ1) is 14.9. The highest BCUT2D eigenvalue weighted by molar-refractivity contribution is 6.37. The van der Waals surface area contributed by atoms with E-state index in [9.17, 15) is 9.59 Å². The van der Waals surface area contributed by atoms with Gasteiger partial charge in [0.25, 0.3) is 0 Å². The van der Waals surface area contributed by atoms with Gasteiger partial charge in [-0.3, -0.25) is 0 Å². The van der Waals surface area contributed by atoms with Crippen LogP contribution in [0.1, 0.15) is 10.4 Å². The average molecular weight is 318 g/mol. The number of hydrogen-bond acceptors (Lipinski definition) is 3. The van der Waals surface area contributed by atoms with Gasteiger partial charge in [-0.25, -0.2) is 9.59 Å². The van der Waals surface area contributed by atoms with Crippen molar-refractivity contribution in [2.45, 2.75) is 0 Å². The Morgan fingerprint density at radius 2 is 1.90 bits per heavy atom. The van der Waals surface area contributed by atoms with Crippen LogP contribution in [0.3, 0.4) is 0 Å². The highest BCUT2D eigenvalue weighted by Crippen LogP contribution is 2.30. The molecule has 0 aromatic heterocycles. The van der Waals surface area contributed by atoms with Crippen LogP contribution in [0.2, 0.25) is 10.0 Å². The van der Waals surface area contributed by atoms with Gasteiger partial charge in [0.05, 0.1) is 16.3 Å². The van der Waals surface area contributed by atoms with Crippen LogP contribution in [0.25, 0.3) is 0 Å². The molecule has 8 heteroatoms. The minimum atomic E-state index is -1.20. The van der Waals surface area contributed by atoms with E-state index in [1.807, 2.05) is 0 Å². The number of amides is 2. The molecule has 3 N–H and O–H groups in total. The molecule has 0 aliphatic carbocycles. The van der Waals surface area contributed by atoms with Crippen molar-refractivity contribution in [3.63, 3.8) is 0 Å². The molecule has 20 heavy (non-hydrogen) atoms. The molecule has 0 atom stereocenters. The summed E-state index contributed by atoms with van der Waals surface area (Å²) in [6.45, 7) is 2.51. The van der Waals surface area contributed by atoms with Gasteiger partial charge in [-0.05, 0) is 12.1 Å². The van der Waals surface area contributed by atoms with Crippen molar-refractivity contribution in [3.05, 3.63) is 27.7 Å². The largest absolute Gasteiger partial charge is 0.478 e. The fraction of sp³-hybridized carbons (Fsp3) is 0.333. The number of carbonyl (C=O) groups is 2. The van der Waals surface area contributed by atoms with Crippen LogP contribution in [-0.2, 0) is 0 Å². The van der Waals surface area contributed by atoms with Gasteiger partial charge in [0.1, 0.15) is 0 Å². The Hall–Kier alpha value is -1.50. The zero-order valence-corrected chi connectivity index (χ0v) is 12.0. The molecular weight excluding hydrogens is 305 g/mol. The van der Waals surface area contributed by atoms with E-state index in [1.165, 1.54) is 12.1 Å². The van der Waals surface area contributed by atoms with Gasteiger partial charge in [-0.1, -0.05) is 23.2 Å². The standard InChI is InChI=1S/C12H13Cl2N3O3/c13-7-5-8(11(18)19)10(9(14)6-7)16-12(20)17-3-1-15-2-4-17/h5-6,15H,1-4H2,(H,16,20)(H,18,19). The molecule has 0 saturated carbocycles. The lowest BCUT2D eigenvalue weighted by Gasteiger charge is -2.27. The summed E-state index contributed by atoms with van der Waals surface area (Å²) in [7, 11) is 0. The van der Waals surface area contributed by atoms with Crippen LogP contribution in [0.5, 0.6) is 0 Å². The summed E-state index contributed by atoms with van der Waals surface area (Å²) in [6, 6.07) is 2.27. The molecular formula is C12H13Cl2N3O3. The van der Waals surface area contributed by atoms with Gasteiger partial charge < -0.3 is 20.6 Å². The maximum absolute atomic E-state index is 12.1. The number of anilines is 1. The maximum Gasteiger partial charge on any atom is 0.337 e. The fourth-order valence-corrected chi connectivity index (χ4v) is 2.46. The van der Waals surface area contributed by atoms with Crippen molar-refractivity contribution >= 4 is 40.9 Å². The van der Waals surface area contributed by atoms with Gasteiger partial charge in [-0.15, -0.1) is 0 Å². The molecule has 1 saturated heterocycles. The molecule has 2 amide bonds.